The molecule has 42 heavy (non-hydrogen) atoms. The molecule has 0 saturated heterocycles. The Balaban J connectivity index is 1.30. The summed E-state index contributed by atoms with van der Waals surface area (Å²) in [6.45, 7) is 17.7. The van der Waals surface area contributed by atoms with E-state index in [1.165, 1.54) is 51.4 Å². The summed E-state index contributed by atoms with van der Waals surface area (Å²) in [6, 6.07) is 0. The minimum Gasteiger partial charge on any atom is -0.462 e. The number of aliphatic hydroxyl groups excluding tert-OH is 2. The van der Waals surface area contributed by atoms with Crippen LogP contribution in [-0.2, 0) is 9.53 Å². The second kappa shape index (κ2) is 14.5. The number of nitrogens with zero attached hydrogens (tertiary/aromatic N) is 1. The number of hydrogen-bond donors (Lipinski definition) is 2. The summed E-state index contributed by atoms with van der Waals surface area (Å²) in [5, 5.41) is 19.5. The summed E-state index contributed by atoms with van der Waals surface area (Å²) in [5.74, 6) is 4.97. The van der Waals surface area contributed by atoms with E-state index in [0.717, 1.165) is 54.8 Å². The molecule has 0 aliphatic heterocycles. The number of esters is 1. The molecule has 0 spiro atoms. The second-order valence-electron chi connectivity index (χ2n) is 16.2. The van der Waals surface area contributed by atoms with Crippen molar-refractivity contribution in [2.24, 2.45) is 46.3 Å². The minimum absolute atomic E-state index is 0.0100. The molecule has 4 aliphatic carbocycles. The highest BCUT2D eigenvalue weighted by molar-refractivity contribution is 5.69. The lowest BCUT2D eigenvalue weighted by Gasteiger charge is -2.58. The third kappa shape index (κ3) is 7.83. The molecule has 2 N–H and O–H groups in total. The molecule has 0 aromatic carbocycles. The van der Waals surface area contributed by atoms with Gasteiger partial charge < -0.3 is 14.9 Å². The molecule has 4 aliphatic rings. The molecule has 0 radical (unpaired) electrons. The van der Waals surface area contributed by atoms with Gasteiger partial charge in [0.25, 0.3) is 0 Å². The van der Waals surface area contributed by atoms with Crippen LogP contribution in [0.25, 0.3) is 0 Å². The van der Waals surface area contributed by atoms with Crippen molar-refractivity contribution in [3.05, 3.63) is 11.6 Å². The standard InChI is InChI=1S/C37H65NO4/c1-25(2)10-8-11-26(3)32-15-16-33-31-14-13-29-22-30(17-19-36(29,6)34(31)18-20-37(32,33)7)42-35(41)12-9-21-38(23-27(4)39)24-28(5)40/h13,25-28,30-34,39-40H,8-12,14-24H2,1-7H3/t26?,27-,28-,30+,31?,32-,33?,34?,36+,37-/m1/s1. The molecule has 3 fully saturated rings. The predicted molar refractivity (Wildman–Crippen MR) is 172 cm³/mol. The molecule has 4 rings (SSSR count). The summed E-state index contributed by atoms with van der Waals surface area (Å²) in [5.41, 5.74) is 2.37. The molecule has 0 aromatic rings. The minimum atomic E-state index is -0.452. The monoisotopic (exact) mass is 587 g/mol. The number of allylic oxidation sites excluding steroid dienone is 1. The zero-order valence-corrected chi connectivity index (χ0v) is 28.2. The predicted octanol–water partition coefficient (Wildman–Crippen LogP) is 7.78. The van der Waals surface area contributed by atoms with Gasteiger partial charge in [-0.15, -0.1) is 0 Å². The van der Waals surface area contributed by atoms with Crippen LogP contribution in [0.3, 0.4) is 0 Å². The maximum Gasteiger partial charge on any atom is 0.306 e. The van der Waals surface area contributed by atoms with E-state index in [0.29, 0.717) is 37.9 Å². The SMILES string of the molecule is CC(C)CCCC(C)[C@H]1CCC2C3CC=C4C[C@@H](OC(=O)CCCN(C[C@@H](C)O)C[C@@H](C)O)CC[C@]4(C)C3CC[C@@]21C. The van der Waals surface area contributed by atoms with Gasteiger partial charge in [-0.05, 0) is 118 Å². The van der Waals surface area contributed by atoms with Crippen molar-refractivity contribution in [2.75, 3.05) is 19.6 Å². The first-order chi connectivity index (χ1) is 19.8. The molecule has 0 amide bonds. The zero-order chi connectivity index (χ0) is 30.7. The van der Waals surface area contributed by atoms with Gasteiger partial charge in [-0.1, -0.05) is 65.5 Å². The summed E-state index contributed by atoms with van der Waals surface area (Å²) >= 11 is 0. The van der Waals surface area contributed by atoms with Crippen molar-refractivity contribution >= 4 is 5.97 Å². The molecule has 0 heterocycles. The maximum absolute atomic E-state index is 12.8. The smallest absolute Gasteiger partial charge is 0.306 e. The summed E-state index contributed by atoms with van der Waals surface area (Å²) in [7, 11) is 0. The van der Waals surface area contributed by atoms with Gasteiger partial charge >= 0.3 is 5.97 Å². The fourth-order valence-corrected chi connectivity index (χ4v) is 10.4. The van der Waals surface area contributed by atoms with E-state index in [4.69, 9.17) is 4.74 Å². The first-order valence-electron chi connectivity index (χ1n) is 17.8. The van der Waals surface area contributed by atoms with E-state index < -0.39 is 12.2 Å². The number of carbonyl (C=O) groups is 1. The number of rotatable bonds is 14. The van der Waals surface area contributed by atoms with E-state index in [9.17, 15) is 15.0 Å². The van der Waals surface area contributed by atoms with E-state index in [1.807, 2.05) is 4.90 Å². The van der Waals surface area contributed by atoms with Gasteiger partial charge in [-0.3, -0.25) is 9.69 Å². The lowest BCUT2D eigenvalue weighted by atomic mass is 9.47. The van der Waals surface area contributed by atoms with Crippen LogP contribution in [0, 0.1) is 46.3 Å². The molecular weight excluding hydrogens is 522 g/mol. The highest BCUT2D eigenvalue weighted by Gasteiger charge is 2.59. The van der Waals surface area contributed by atoms with E-state index in [2.05, 4.69) is 40.7 Å². The van der Waals surface area contributed by atoms with Crippen LogP contribution in [0.15, 0.2) is 11.6 Å². The van der Waals surface area contributed by atoms with Crippen molar-refractivity contribution in [3.8, 4) is 0 Å². The van der Waals surface area contributed by atoms with Crippen molar-refractivity contribution in [3.63, 3.8) is 0 Å². The van der Waals surface area contributed by atoms with Crippen LogP contribution in [0.2, 0.25) is 0 Å². The van der Waals surface area contributed by atoms with E-state index in [-0.39, 0.29) is 17.5 Å². The zero-order valence-electron chi connectivity index (χ0n) is 28.2. The van der Waals surface area contributed by atoms with Gasteiger partial charge in [0, 0.05) is 25.9 Å². The third-order valence-electron chi connectivity index (χ3n) is 12.5. The van der Waals surface area contributed by atoms with Gasteiger partial charge in [0.2, 0.25) is 0 Å². The van der Waals surface area contributed by atoms with Crippen LogP contribution in [-0.4, -0.2) is 59.0 Å². The third-order valence-corrected chi connectivity index (χ3v) is 12.5. The lowest BCUT2D eigenvalue weighted by Crippen LogP contribution is -2.51. The first-order valence-corrected chi connectivity index (χ1v) is 17.8. The summed E-state index contributed by atoms with van der Waals surface area (Å²) < 4.78 is 6.04. The Labute approximate surface area is 258 Å². The fourth-order valence-electron chi connectivity index (χ4n) is 10.4. The topological polar surface area (TPSA) is 70.0 Å². The Kier molecular flexibility index (Phi) is 11.7. The Bertz CT molecular complexity index is 903. The quantitative estimate of drug-likeness (QED) is 0.160. The Morgan fingerprint density at radius 3 is 2.33 bits per heavy atom. The van der Waals surface area contributed by atoms with Crippen LogP contribution in [0.4, 0.5) is 0 Å². The van der Waals surface area contributed by atoms with Crippen LogP contribution in [0.1, 0.15) is 132 Å². The molecular formula is C37H65NO4. The normalized spacial score (nSPS) is 36.5. The molecule has 3 saturated carbocycles. The van der Waals surface area contributed by atoms with E-state index in [1.54, 1.807) is 19.4 Å². The summed E-state index contributed by atoms with van der Waals surface area (Å²) in [4.78, 5) is 14.8. The first kappa shape index (κ1) is 34.0. The number of carbonyl (C=O) groups excluding carboxylic acids is 1. The van der Waals surface area contributed by atoms with Crippen LogP contribution < -0.4 is 0 Å². The average Bonchev–Trinajstić information content (AvgIpc) is 3.25. The molecule has 242 valence electrons. The molecule has 10 atom stereocenters. The number of fused-ring (bicyclic) bond motifs is 5. The Hall–Kier alpha value is -0.910. The number of aliphatic hydroxyl groups is 2. The highest BCUT2D eigenvalue weighted by atomic mass is 16.5. The molecule has 4 unspecified atom stereocenters. The van der Waals surface area contributed by atoms with Gasteiger partial charge in [-0.25, -0.2) is 0 Å². The van der Waals surface area contributed by atoms with Gasteiger partial charge in [0.05, 0.1) is 12.2 Å². The van der Waals surface area contributed by atoms with Crippen molar-refractivity contribution in [2.45, 2.75) is 150 Å². The number of hydrogen-bond acceptors (Lipinski definition) is 5. The average molecular weight is 588 g/mol. The van der Waals surface area contributed by atoms with Crippen molar-refractivity contribution in [1.82, 2.24) is 4.90 Å². The van der Waals surface area contributed by atoms with Crippen molar-refractivity contribution < 1.29 is 19.7 Å². The fraction of sp³-hybridized carbons (Fsp3) is 0.919. The van der Waals surface area contributed by atoms with Crippen molar-refractivity contribution in [1.29, 1.82) is 0 Å². The maximum atomic E-state index is 12.8. The molecule has 0 aromatic heterocycles. The van der Waals surface area contributed by atoms with E-state index >= 15 is 0 Å². The number of ether oxygens (including phenoxy) is 1. The summed E-state index contributed by atoms with van der Waals surface area (Å²) in [6.07, 6.45) is 16.9. The Morgan fingerprint density at radius 2 is 1.67 bits per heavy atom. The van der Waals surface area contributed by atoms with Crippen LogP contribution in [0.5, 0.6) is 0 Å². The Morgan fingerprint density at radius 1 is 0.952 bits per heavy atom. The highest BCUT2D eigenvalue weighted by Crippen LogP contribution is 2.67. The van der Waals surface area contributed by atoms with Gasteiger partial charge in [0.1, 0.15) is 6.10 Å². The second-order valence-corrected chi connectivity index (χ2v) is 16.2. The molecule has 5 nitrogen and oxygen atoms in total. The lowest BCUT2D eigenvalue weighted by molar-refractivity contribution is -0.151. The molecule has 0 bridgehead atoms. The van der Waals surface area contributed by atoms with Gasteiger partial charge in [0.15, 0.2) is 0 Å². The van der Waals surface area contributed by atoms with Gasteiger partial charge in [-0.2, -0.15) is 0 Å². The van der Waals surface area contributed by atoms with Crippen LogP contribution >= 0.6 is 0 Å². The molecule has 5 heteroatoms. The largest absolute Gasteiger partial charge is 0.462 e.